The van der Waals surface area contributed by atoms with Crippen molar-refractivity contribution in [2.45, 2.75) is 64.7 Å². The number of imidazole rings is 1. The first-order valence-electron chi connectivity index (χ1n) is 6.82. The van der Waals surface area contributed by atoms with Crippen molar-refractivity contribution < 1.29 is 4.57 Å². The fourth-order valence-corrected chi connectivity index (χ4v) is 2.41. The zero-order valence-electron chi connectivity index (χ0n) is 11.1. The molecule has 1 heterocycles. The van der Waals surface area contributed by atoms with Gasteiger partial charge in [0.25, 0.3) is 5.82 Å². The smallest absolute Gasteiger partial charge is 0.247 e. The van der Waals surface area contributed by atoms with Gasteiger partial charge in [-0.05, 0) is 12.8 Å². The lowest BCUT2D eigenvalue weighted by molar-refractivity contribution is -0.679. The summed E-state index contributed by atoms with van der Waals surface area (Å²) in [5, 5.41) is 0. The van der Waals surface area contributed by atoms with E-state index < -0.39 is 0 Å². The summed E-state index contributed by atoms with van der Waals surface area (Å²) in [5.41, 5.74) is 0. The third-order valence-electron chi connectivity index (χ3n) is 3.34. The molecule has 1 atom stereocenters. The van der Waals surface area contributed by atoms with E-state index in [9.17, 15) is 0 Å². The van der Waals surface area contributed by atoms with Crippen LogP contribution in [0.4, 0.5) is 0 Å². The summed E-state index contributed by atoms with van der Waals surface area (Å²) in [6, 6.07) is 0. The van der Waals surface area contributed by atoms with Gasteiger partial charge in [0.2, 0.25) is 0 Å². The Balaban J connectivity index is 2.45. The van der Waals surface area contributed by atoms with Gasteiger partial charge in [-0.25, -0.2) is 9.55 Å². The maximum atomic E-state index is 3.39. The van der Waals surface area contributed by atoms with Gasteiger partial charge in [0, 0.05) is 0 Å². The fourth-order valence-electron chi connectivity index (χ4n) is 2.41. The van der Waals surface area contributed by atoms with Gasteiger partial charge in [0.1, 0.15) is 12.4 Å². The summed E-state index contributed by atoms with van der Waals surface area (Å²) in [5.74, 6) is 2.13. The Hall–Kier alpha value is -0.790. The summed E-state index contributed by atoms with van der Waals surface area (Å²) in [7, 11) is 2.14. The third kappa shape index (κ3) is 3.99. The molecule has 0 aliphatic rings. The minimum Gasteiger partial charge on any atom is -0.247 e. The van der Waals surface area contributed by atoms with Crippen molar-refractivity contribution in [1.82, 2.24) is 4.98 Å². The molecule has 16 heavy (non-hydrogen) atoms. The number of aromatic amines is 1. The molecule has 0 spiro atoms. The second-order valence-electron chi connectivity index (χ2n) is 4.79. The zero-order valence-corrected chi connectivity index (χ0v) is 11.1. The molecular weight excluding hydrogens is 196 g/mol. The van der Waals surface area contributed by atoms with E-state index in [0.717, 1.165) is 5.92 Å². The first kappa shape index (κ1) is 13.3. The highest BCUT2D eigenvalue weighted by Gasteiger charge is 2.19. The summed E-state index contributed by atoms with van der Waals surface area (Å²) in [6.07, 6.45) is 13.6. The lowest BCUT2D eigenvalue weighted by atomic mass is 9.95. The van der Waals surface area contributed by atoms with E-state index in [2.05, 4.69) is 36.6 Å². The summed E-state index contributed by atoms with van der Waals surface area (Å²) in [6.45, 7) is 4.55. The predicted molar refractivity (Wildman–Crippen MR) is 68.4 cm³/mol. The minimum absolute atomic E-state index is 0.724. The van der Waals surface area contributed by atoms with Gasteiger partial charge in [-0.15, -0.1) is 0 Å². The molecule has 1 rings (SSSR count). The molecule has 2 nitrogen and oxygen atoms in total. The van der Waals surface area contributed by atoms with Gasteiger partial charge < -0.3 is 0 Å². The van der Waals surface area contributed by atoms with Gasteiger partial charge >= 0.3 is 0 Å². The van der Waals surface area contributed by atoms with Crippen molar-refractivity contribution in [3.8, 4) is 0 Å². The molecule has 92 valence electrons. The quantitative estimate of drug-likeness (QED) is 0.512. The topological polar surface area (TPSA) is 19.7 Å². The van der Waals surface area contributed by atoms with Crippen molar-refractivity contribution in [2.24, 2.45) is 7.05 Å². The van der Waals surface area contributed by atoms with Crippen molar-refractivity contribution in [2.75, 3.05) is 0 Å². The van der Waals surface area contributed by atoms with Crippen LogP contribution in [0.5, 0.6) is 0 Å². The molecule has 0 fully saturated rings. The average Bonchev–Trinajstić information content (AvgIpc) is 2.69. The summed E-state index contributed by atoms with van der Waals surface area (Å²) < 4.78 is 2.24. The predicted octanol–water partition coefficient (Wildman–Crippen LogP) is 3.69. The van der Waals surface area contributed by atoms with Crippen LogP contribution in [0.15, 0.2) is 12.4 Å². The first-order chi connectivity index (χ1) is 7.79. The molecule has 0 bridgehead atoms. The standard InChI is InChI=1S/C14H26N2/c1-4-6-7-8-10-13(9-5-2)14-15-11-12-16(14)3/h11-13H,4-10H2,1-3H3/p+1. The Morgan fingerprint density at radius 1 is 1.12 bits per heavy atom. The van der Waals surface area contributed by atoms with Crippen LogP contribution < -0.4 is 4.57 Å². The maximum Gasteiger partial charge on any atom is 0.257 e. The molecule has 1 aromatic rings. The lowest BCUT2D eigenvalue weighted by Gasteiger charge is -2.11. The minimum atomic E-state index is 0.724. The largest absolute Gasteiger partial charge is 0.257 e. The molecule has 0 aliphatic carbocycles. The van der Waals surface area contributed by atoms with Crippen LogP contribution in [-0.2, 0) is 7.05 Å². The van der Waals surface area contributed by atoms with E-state index in [0.29, 0.717) is 0 Å². The highest BCUT2D eigenvalue weighted by molar-refractivity contribution is 4.89. The van der Waals surface area contributed by atoms with Gasteiger partial charge in [0.05, 0.1) is 13.0 Å². The van der Waals surface area contributed by atoms with Crippen LogP contribution in [-0.4, -0.2) is 4.98 Å². The molecule has 1 aromatic heterocycles. The molecule has 1 unspecified atom stereocenters. The van der Waals surface area contributed by atoms with Gasteiger partial charge in [-0.1, -0.05) is 46.0 Å². The number of nitrogens with one attached hydrogen (secondary N) is 1. The third-order valence-corrected chi connectivity index (χ3v) is 3.34. The number of aryl methyl sites for hydroxylation is 1. The van der Waals surface area contributed by atoms with Crippen molar-refractivity contribution in [3.63, 3.8) is 0 Å². The molecular formula is C14H27N2+. The Morgan fingerprint density at radius 3 is 2.50 bits per heavy atom. The number of aromatic nitrogens is 2. The highest BCUT2D eigenvalue weighted by Crippen LogP contribution is 2.23. The normalized spacial score (nSPS) is 12.9. The zero-order chi connectivity index (χ0) is 11.8. The van der Waals surface area contributed by atoms with Crippen LogP contribution in [0.25, 0.3) is 0 Å². The number of H-pyrrole nitrogens is 1. The fraction of sp³-hybridized carbons (Fsp3) is 0.786. The Kier molecular flexibility index (Phi) is 6.20. The van der Waals surface area contributed by atoms with E-state index in [-0.39, 0.29) is 0 Å². The van der Waals surface area contributed by atoms with Crippen molar-refractivity contribution in [3.05, 3.63) is 18.2 Å². The van der Waals surface area contributed by atoms with E-state index in [1.807, 2.05) is 6.20 Å². The molecule has 0 radical (unpaired) electrons. The van der Waals surface area contributed by atoms with Gasteiger partial charge in [-0.2, -0.15) is 0 Å². The van der Waals surface area contributed by atoms with E-state index in [1.54, 1.807) is 0 Å². The van der Waals surface area contributed by atoms with Crippen LogP contribution >= 0.6 is 0 Å². The number of hydrogen-bond acceptors (Lipinski definition) is 0. The summed E-state index contributed by atoms with van der Waals surface area (Å²) in [4.78, 5) is 3.39. The number of rotatable bonds is 8. The number of hydrogen-bond donors (Lipinski definition) is 1. The molecule has 0 amide bonds. The Labute approximate surface area is 100 Å². The van der Waals surface area contributed by atoms with E-state index in [1.165, 1.54) is 50.8 Å². The van der Waals surface area contributed by atoms with Crippen LogP contribution in [0.2, 0.25) is 0 Å². The molecule has 0 saturated heterocycles. The van der Waals surface area contributed by atoms with Gasteiger partial charge in [0.15, 0.2) is 0 Å². The first-order valence-corrected chi connectivity index (χ1v) is 6.82. The highest BCUT2D eigenvalue weighted by atomic mass is 15.0. The second kappa shape index (κ2) is 7.48. The number of nitrogens with zero attached hydrogens (tertiary/aromatic N) is 1. The molecule has 2 heteroatoms. The van der Waals surface area contributed by atoms with E-state index in [4.69, 9.17) is 0 Å². The average molecular weight is 223 g/mol. The molecule has 0 aliphatic heterocycles. The lowest BCUT2D eigenvalue weighted by Crippen LogP contribution is -2.32. The van der Waals surface area contributed by atoms with Crippen LogP contribution in [0.1, 0.15) is 70.5 Å². The van der Waals surface area contributed by atoms with Crippen molar-refractivity contribution in [1.29, 1.82) is 0 Å². The Morgan fingerprint density at radius 2 is 1.94 bits per heavy atom. The molecule has 1 N–H and O–H groups in total. The Bertz CT molecular complexity index is 278. The van der Waals surface area contributed by atoms with E-state index >= 15 is 0 Å². The van der Waals surface area contributed by atoms with Crippen LogP contribution in [0.3, 0.4) is 0 Å². The maximum absolute atomic E-state index is 3.39. The summed E-state index contributed by atoms with van der Waals surface area (Å²) >= 11 is 0. The molecule has 0 saturated carbocycles. The SMILES string of the molecule is CCCCCCC(CCC)c1[nH]cc[n+]1C. The van der Waals surface area contributed by atoms with Gasteiger partial charge in [-0.3, -0.25) is 0 Å². The second-order valence-corrected chi connectivity index (χ2v) is 4.79. The monoisotopic (exact) mass is 223 g/mol. The number of unbranched alkanes of at least 4 members (excludes halogenated alkanes) is 3. The molecule has 0 aromatic carbocycles. The van der Waals surface area contributed by atoms with Crippen LogP contribution in [0, 0.1) is 0 Å². The van der Waals surface area contributed by atoms with Crippen molar-refractivity contribution >= 4 is 0 Å².